The highest BCUT2D eigenvalue weighted by Crippen LogP contribution is 2.41. The molecule has 1 atom stereocenters. The Kier molecular flexibility index (Phi) is 5.64. The smallest absolute Gasteiger partial charge is 0.167 e. The summed E-state index contributed by atoms with van der Waals surface area (Å²) in [5, 5.41) is 5.41. The van der Waals surface area contributed by atoms with Crippen LogP contribution in [0.5, 0.6) is 5.75 Å². The number of aryl methyl sites for hydroxylation is 1. The highest BCUT2D eigenvalue weighted by Gasteiger charge is 2.20. The van der Waals surface area contributed by atoms with Crippen LogP contribution in [-0.4, -0.2) is 47.7 Å². The van der Waals surface area contributed by atoms with Crippen molar-refractivity contribution >= 4 is 55.2 Å². The fourth-order valence-corrected chi connectivity index (χ4v) is 5.76. The van der Waals surface area contributed by atoms with Crippen LogP contribution >= 0.6 is 11.6 Å². The molecule has 1 saturated heterocycles. The van der Waals surface area contributed by atoms with E-state index in [9.17, 15) is 0 Å². The van der Waals surface area contributed by atoms with Crippen molar-refractivity contribution < 1.29 is 4.74 Å². The number of aromatic nitrogens is 2. The second-order valence-electron chi connectivity index (χ2n) is 9.79. The maximum atomic E-state index is 6.55. The molecule has 6 rings (SSSR count). The quantitative estimate of drug-likeness (QED) is 0.251. The van der Waals surface area contributed by atoms with E-state index in [2.05, 4.69) is 46.1 Å². The van der Waals surface area contributed by atoms with E-state index in [1.807, 2.05) is 18.2 Å². The lowest BCUT2D eigenvalue weighted by atomic mass is 9.98. The van der Waals surface area contributed by atoms with E-state index >= 15 is 0 Å². The molecule has 3 heterocycles. The molecule has 0 radical (unpaired) electrons. The summed E-state index contributed by atoms with van der Waals surface area (Å²) in [7, 11) is 0. The Bertz CT molecular complexity index is 1410. The van der Waals surface area contributed by atoms with Gasteiger partial charge in [-0.25, -0.2) is 0 Å². The summed E-state index contributed by atoms with van der Waals surface area (Å²) in [5.41, 5.74) is 11.4. The Labute approximate surface area is 204 Å². The standard InChI is InChI=1S/C28H31ClN4O/c1-17-5-7-24-20(12-17)22-14-23-21-13-19(29)6-8-25(21)32-27(23)28(26(22)31-24)34-11-3-10-33-9-2-4-18(15-30)16-33/h5-8,12-14,18,31-32H,2-4,9-11,15-16,30H2,1H3. The number of nitrogens with one attached hydrogen (secondary N) is 2. The molecule has 0 amide bonds. The molecule has 176 valence electrons. The number of halogens is 1. The number of nitrogens with zero attached hydrogens (tertiary/aromatic N) is 1. The minimum atomic E-state index is 0.635. The van der Waals surface area contributed by atoms with Gasteiger partial charge in [0.15, 0.2) is 5.75 Å². The van der Waals surface area contributed by atoms with Gasteiger partial charge in [-0.2, -0.15) is 0 Å². The second kappa shape index (κ2) is 8.81. The van der Waals surface area contributed by atoms with Gasteiger partial charge >= 0.3 is 0 Å². The number of rotatable bonds is 6. The molecular weight excluding hydrogens is 444 g/mol. The topological polar surface area (TPSA) is 70.1 Å². The average molecular weight is 475 g/mol. The highest BCUT2D eigenvalue weighted by molar-refractivity contribution is 6.32. The van der Waals surface area contributed by atoms with E-state index in [1.54, 1.807) is 0 Å². The lowest BCUT2D eigenvalue weighted by molar-refractivity contribution is 0.165. The number of nitrogens with two attached hydrogens (primary N) is 1. The van der Waals surface area contributed by atoms with E-state index in [0.29, 0.717) is 12.5 Å². The molecule has 1 fully saturated rings. The number of ether oxygens (including phenoxy) is 1. The summed E-state index contributed by atoms with van der Waals surface area (Å²) in [6, 6.07) is 14.8. The maximum absolute atomic E-state index is 6.55. The number of hydrogen-bond donors (Lipinski definition) is 3. The van der Waals surface area contributed by atoms with Crippen LogP contribution < -0.4 is 10.5 Å². The van der Waals surface area contributed by atoms with Gasteiger partial charge < -0.3 is 25.3 Å². The minimum Gasteiger partial charge on any atom is -0.489 e. The van der Waals surface area contributed by atoms with Crippen molar-refractivity contribution in [3.8, 4) is 5.75 Å². The molecule has 34 heavy (non-hydrogen) atoms. The fraction of sp³-hybridized carbons (Fsp3) is 0.357. The third kappa shape index (κ3) is 3.82. The van der Waals surface area contributed by atoms with E-state index in [-0.39, 0.29) is 0 Å². The largest absolute Gasteiger partial charge is 0.489 e. The lowest BCUT2D eigenvalue weighted by Gasteiger charge is -2.32. The normalized spacial score (nSPS) is 17.4. The first-order valence-electron chi connectivity index (χ1n) is 12.3. The third-order valence-corrected chi connectivity index (χ3v) is 7.57. The lowest BCUT2D eigenvalue weighted by Crippen LogP contribution is -2.39. The van der Waals surface area contributed by atoms with Crippen LogP contribution in [0.3, 0.4) is 0 Å². The van der Waals surface area contributed by atoms with Gasteiger partial charge in [-0.3, -0.25) is 0 Å². The zero-order valence-electron chi connectivity index (χ0n) is 19.6. The van der Waals surface area contributed by atoms with E-state index in [1.165, 1.54) is 35.7 Å². The number of aromatic amines is 2. The van der Waals surface area contributed by atoms with Crippen LogP contribution in [-0.2, 0) is 0 Å². The van der Waals surface area contributed by atoms with Crippen molar-refractivity contribution in [2.24, 2.45) is 11.7 Å². The van der Waals surface area contributed by atoms with Crippen molar-refractivity contribution in [1.29, 1.82) is 0 Å². The zero-order valence-corrected chi connectivity index (χ0v) is 20.3. The van der Waals surface area contributed by atoms with Crippen LogP contribution in [0.1, 0.15) is 24.8 Å². The zero-order chi connectivity index (χ0) is 23.2. The summed E-state index contributed by atoms with van der Waals surface area (Å²) < 4.78 is 6.55. The molecule has 0 saturated carbocycles. The van der Waals surface area contributed by atoms with Crippen molar-refractivity contribution in [2.75, 3.05) is 32.8 Å². The highest BCUT2D eigenvalue weighted by atomic mass is 35.5. The molecule has 1 unspecified atom stereocenters. The van der Waals surface area contributed by atoms with Crippen molar-refractivity contribution in [3.63, 3.8) is 0 Å². The van der Waals surface area contributed by atoms with E-state index < -0.39 is 0 Å². The summed E-state index contributed by atoms with van der Waals surface area (Å²) in [5.74, 6) is 1.53. The Hall–Kier alpha value is -2.73. The predicted molar refractivity (Wildman–Crippen MR) is 143 cm³/mol. The average Bonchev–Trinajstić information content (AvgIpc) is 3.39. The Morgan fingerprint density at radius 2 is 1.74 bits per heavy atom. The molecular formula is C28H31ClN4O. The first kappa shape index (κ1) is 21.8. The number of fused-ring (bicyclic) bond motifs is 6. The number of likely N-dealkylation sites (tertiary alicyclic amines) is 1. The molecule has 5 aromatic rings. The number of benzene rings is 3. The van der Waals surface area contributed by atoms with Gasteiger partial charge in [0.25, 0.3) is 0 Å². The monoisotopic (exact) mass is 474 g/mol. The van der Waals surface area contributed by atoms with Crippen LogP contribution in [0.4, 0.5) is 0 Å². The molecule has 3 aromatic carbocycles. The van der Waals surface area contributed by atoms with E-state index in [0.717, 1.165) is 69.7 Å². The molecule has 0 spiro atoms. The first-order valence-corrected chi connectivity index (χ1v) is 12.7. The molecule has 6 heteroatoms. The number of H-pyrrole nitrogens is 2. The van der Waals surface area contributed by atoms with Crippen LogP contribution in [0.15, 0.2) is 42.5 Å². The number of piperidine rings is 1. The molecule has 0 bridgehead atoms. The van der Waals surface area contributed by atoms with Crippen LogP contribution in [0.2, 0.25) is 5.02 Å². The van der Waals surface area contributed by atoms with Crippen molar-refractivity contribution in [1.82, 2.24) is 14.9 Å². The van der Waals surface area contributed by atoms with Crippen LogP contribution in [0.25, 0.3) is 43.6 Å². The van der Waals surface area contributed by atoms with Crippen molar-refractivity contribution in [2.45, 2.75) is 26.2 Å². The van der Waals surface area contributed by atoms with Gasteiger partial charge in [0.1, 0.15) is 0 Å². The van der Waals surface area contributed by atoms with Gasteiger partial charge in [0.2, 0.25) is 0 Å². The summed E-state index contributed by atoms with van der Waals surface area (Å²) in [6.07, 6.45) is 3.49. The van der Waals surface area contributed by atoms with Crippen LogP contribution in [0, 0.1) is 12.8 Å². The van der Waals surface area contributed by atoms with Gasteiger partial charge in [-0.15, -0.1) is 0 Å². The molecule has 5 nitrogen and oxygen atoms in total. The molecule has 0 aliphatic carbocycles. The Morgan fingerprint density at radius 3 is 2.50 bits per heavy atom. The van der Waals surface area contributed by atoms with E-state index in [4.69, 9.17) is 22.1 Å². The summed E-state index contributed by atoms with van der Waals surface area (Å²) in [4.78, 5) is 9.77. The molecule has 2 aromatic heterocycles. The van der Waals surface area contributed by atoms with Crippen molar-refractivity contribution in [3.05, 3.63) is 53.1 Å². The second-order valence-corrected chi connectivity index (χ2v) is 10.2. The van der Waals surface area contributed by atoms with Gasteiger partial charge in [0, 0.05) is 50.7 Å². The SMILES string of the molecule is Cc1ccc2[nH]c3c(OCCCN4CCCC(CN)C4)c4[nH]c5ccc(Cl)cc5c4cc3c2c1. The van der Waals surface area contributed by atoms with Gasteiger partial charge in [-0.1, -0.05) is 23.2 Å². The van der Waals surface area contributed by atoms with Gasteiger partial charge in [-0.05, 0) is 81.6 Å². The summed E-state index contributed by atoms with van der Waals surface area (Å²) >= 11 is 6.36. The van der Waals surface area contributed by atoms with Gasteiger partial charge in [0.05, 0.1) is 17.6 Å². The maximum Gasteiger partial charge on any atom is 0.167 e. The molecule has 1 aliphatic heterocycles. The summed E-state index contributed by atoms with van der Waals surface area (Å²) in [6.45, 7) is 6.92. The fourth-order valence-electron chi connectivity index (χ4n) is 5.59. The minimum absolute atomic E-state index is 0.635. The Morgan fingerprint density at radius 1 is 1.00 bits per heavy atom. The number of hydrogen-bond acceptors (Lipinski definition) is 3. The third-order valence-electron chi connectivity index (χ3n) is 7.34. The predicted octanol–water partition coefficient (Wildman–Crippen LogP) is 6.36. The first-order chi connectivity index (χ1) is 16.6. The Balaban J connectivity index is 1.38. The molecule has 1 aliphatic rings. The molecule has 4 N–H and O–H groups in total.